The van der Waals surface area contributed by atoms with Gasteiger partial charge in [-0.25, -0.2) is 22.5 Å². The second-order valence-corrected chi connectivity index (χ2v) is 11.7. The van der Waals surface area contributed by atoms with Crippen molar-refractivity contribution in [1.29, 1.82) is 0 Å². The van der Waals surface area contributed by atoms with E-state index in [4.69, 9.17) is 9.72 Å². The van der Waals surface area contributed by atoms with Crippen molar-refractivity contribution in [1.82, 2.24) is 15.3 Å². The first-order chi connectivity index (χ1) is 19.4. The summed E-state index contributed by atoms with van der Waals surface area (Å²) in [5, 5.41) is 5.73. The highest BCUT2D eigenvalue weighted by Gasteiger charge is 2.56. The molecule has 2 unspecified atom stereocenters. The molecule has 0 saturated heterocycles. The maximum Gasteiger partial charge on any atom is 0.251 e. The summed E-state index contributed by atoms with van der Waals surface area (Å²) in [5.41, 5.74) is 0.534. The van der Waals surface area contributed by atoms with Gasteiger partial charge in [-0.2, -0.15) is 4.98 Å². The van der Waals surface area contributed by atoms with Crippen LogP contribution in [0.4, 0.5) is 40.7 Å². The molecule has 9 nitrogen and oxygen atoms in total. The average molecular weight is 577 g/mol. The van der Waals surface area contributed by atoms with Crippen LogP contribution < -0.4 is 25.2 Å². The zero-order valence-corrected chi connectivity index (χ0v) is 22.9. The number of fused-ring (bicyclic) bond motifs is 1. The summed E-state index contributed by atoms with van der Waals surface area (Å²) in [6, 6.07) is 3.56. The lowest BCUT2D eigenvalue weighted by Gasteiger charge is -2.31. The van der Waals surface area contributed by atoms with Crippen molar-refractivity contribution in [3.05, 3.63) is 30.0 Å². The van der Waals surface area contributed by atoms with E-state index in [1.165, 1.54) is 30.3 Å². The predicted molar refractivity (Wildman–Crippen MR) is 143 cm³/mol. The summed E-state index contributed by atoms with van der Waals surface area (Å²) >= 11 is 0. The molecule has 6 rings (SSSR count). The molecule has 1 spiro atoms. The Balaban J connectivity index is 1.26. The molecule has 3 aliphatic carbocycles. The number of ether oxygens (including phenoxy) is 1. The van der Waals surface area contributed by atoms with Crippen LogP contribution in [0.2, 0.25) is 0 Å². The standard InChI is InChI=1S/C28H32F4N6O3/c1-37-20-14-33-25(36-22(20)38(15-26(9-10-26)24(37)40)18-6-8-28(31,32)13-18)35-19-4-3-16(11-21(19)41-2)23(39)34-17-5-7-27(29,30)12-17/h3-4,11,14,17-18H,5-10,12-13,15H2,1-2H3,(H,34,39)(H,33,35,36). The maximum absolute atomic E-state index is 14.3. The molecule has 220 valence electrons. The van der Waals surface area contributed by atoms with E-state index < -0.39 is 35.3 Å². The molecule has 41 heavy (non-hydrogen) atoms. The Morgan fingerprint density at radius 3 is 2.44 bits per heavy atom. The van der Waals surface area contributed by atoms with Crippen molar-refractivity contribution in [2.75, 3.05) is 35.8 Å². The number of nitrogens with zero attached hydrogens (tertiary/aromatic N) is 4. The zero-order chi connectivity index (χ0) is 29.2. The fourth-order valence-corrected chi connectivity index (χ4v) is 6.22. The van der Waals surface area contributed by atoms with Crippen LogP contribution in [-0.4, -0.2) is 66.4 Å². The molecular formula is C28H32F4N6O3. The predicted octanol–water partition coefficient (Wildman–Crippen LogP) is 4.90. The fourth-order valence-electron chi connectivity index (χ4n) is 6.22. The van der Waals surface area contributed by atoms with E-state index in [2.05, 4.69) is 15.6 Å². The monoisotopic (exact) mass is 576 g/mol. The van der Waals surface area contributed by atoms with Gasteiger partial charge in [0.1, 0.15) is 11.4 Å². The summed E-state index contributed by atoms with van der Waals surface area (Å²) in [4.78, 5) is 38.4. The van der Waals surface area contributed by atoms with Crippen LogP contribution in [0.1, 0.15) is 61.7 Å². The van der Waals surface area contributed by atoms with Gasteiger partial charge in [-0.15, -0.1) is 0 Å². The Hall–Kier alpha value is -3.64. The number of carbonyl (C=O) groups excluding carboxylic acids is 2. The topological polar surface area (TPSA) is 99.7 Å². The molecule has 13 heteroatoms. The van der Waals surface area contributed by atoms with E-state index in [0.717, 1.165) is 0 Å². The van der Waals surface area contributed by atoms with E-state index in [1.807, 2.05) is 4.90 Å². The van der Waals surface area contributed by atoms with Crippen molar-refractivity contribution < 1.29 is 31.9 Å². The first-order valence-electron chi connectivity index (χ1n) is 13.8. The highest BCUT2D eigenvalue weighted by molar-refractivity contribution is 6.03. The van der Waals surface area contributed by atoms with Crippen LogP contribution in [-0.2, 0) is 4.79 Å². The van der Waals surface area contributed by atoms with Crippen LogP contribution in [0.3, 0.4) is 0 Å². The molecule has 1 aromatic carbocycles. The fraction of sp³-hybridized carbons (Fsp3) is 0.571. The normalized spacial score (nSPS) is 25.6. The summed E-state index contributed by atoms with van der Waals surface area (Å²) in [7, 11) is 3.08. The molecule has 2 heterocycles. The van der Waals surface area contributed by atoms with Crippen molar-refractivity contribution in [2.24, 2.45) is 5.41 Å². The third-order valence-electron chi connectivity index (χ3n) is 8.74. The van der Waals surface area contributed by atoms with Crippen molar-refractivity contribution in [3.8, 4) is 5.75 Å². The molecule has 0 radical (unpaired) electrons. The van der Waals surface area contributed by atoms with Crippen LogP contribution in [0.25, 0.3) is 0 Å². The van der Waals surface area contributed by atoms with Gasteiger partial charge in [0.15, 0.2) is 5.82 Å². The molecule has 1 aromatic heterocycles. The third-order valence-corrected chi connectivity index (χ3v) is 8.74. The molecule has 3 fully saturated rings. The first-order valence-corrected chi connectivity index (χ1v) is 13.8. The van der Waals surface area contributed by atoms with Gasteiger partial charge < -0.3 is 25.2 Å². The van der Waals surface area contributed by atoms with Gasteiger partial charge in [0.25, 0.3) is 5.91 Å². The number of methoxy groups -OCH3 is 1. The highest BCUT2D eigenvalue weighted by Crippen LogP contribution is 2.53. The second-order valence-electron chi connectivity index (χ2n) is 11.7. The minimum atomic E-state index is -2.77. The minimum absolute atomic E-state index is 0.0628. The number of aromatic nitrogens is 2. The second kappa shape index (κ2) is 9.73. The van der Waals surface area contributed by atoms with Gasteiger partial charge in [0.05, 0.1) is 24.4 Å². The number of nitrogens with one attached hydrogen (secondary N) is 2. The number of carbonyl (C=O) groups is 2. The summed E-state index contributed by atoms with van der Waals surface area (Å²) in [5.74, 6) is -5.21. The largest absolute Gasteiger partial charge is 0.495 e. The van der Waals surface area contributed by atoms with Gasteiger partial charge in [-0.1, -0.05) is 0 Å². The highest BCUT2D eigenvalue weighted by atomic mass is 19.3. The molecule has 2 aromatic rings. The third kappa shape index (κ3) is 5.26. The van der Waals surface area contributed by atoms with E-state index >= 15 is 0 Å². The van der Waals surface area contributed by atoms with Gasteiger partial charge in [0, 0.05) is 56.9 Å². The molecule has 0 bridgehead atoms. The molecule has 2 amide bonds. The summed E-state index contributed by atoms with van der Waals surface area (Å²) < 4.78 is 61.0. The molecule has 2 atom stereocenters. The van der Waals surface area contributed by atoms with E-state index in [-0.39, 0.29) is 49.5 Å². The van der Waals surface area contributed by atoms with E-state index in [9.17, 15) is 27.2 Å². The average Bonchev–Trinajstić information content (AvgIpc) is 3.53. The maximum atomic E-state index is 14.3. The molecule has 4 aliphatic rings. The Morgan fingerprint density at radius 2 is 1.80 bits per heavy atom. The number of alkyl halides is 4. The lowest BCUT2D eigenvalue weighted by atomic mass is 10.0. The number of benzene rings is 1. The summed E-state index contributed by atoms with van der Waals surface area (Å²) in [6.45, 7) is 0.320. The van der Waals surface area contributed by atoms with Gasteiger partial charge >= 0.3 is 0 Å². The lowest BCUT2D eigenvalue weighted by molar-refractivity contribution is -0.122. The number of hydrogen-bond acceptors (Lipinski definition) is 7. The van der Waals surface area contributed by atoms with E-state index in [0.29, 0.717) is 48.7 Å². The van der Waals surface area contributed by atoms with Crippen molar-refractivity contribution >= 4 is 35.0 Å². The van der Waals surface area contributed by atoms with E-state index in [1.54, 1.807) is 13.1 Å². The Labute approximate surface area is 234 Å². The smallest absolute Gasteiger partial charge is 0.251 e. The molecular weight excluding hydrogens is 544 g/mol. The lowest BCUT2D eigenvalue weighted by Crippen LogP contribution is -2.41. The number of hydrogen-bond donors (Lipinski definition) is 2. The number of rotatable bonds is 6. The Kier molecular flexibility index (Phi) is 6.53. The number of amides is 2. The van der Waals surface area contributed by atoms with Crippen LogP contribution >= 0.6 is 0 Å². The van der Waals surface area contributed by atoms with Crippen molar-refractivity contribution in [3.63, 3.8) is 0 Å². The van der Waals surface area contributed by atoms with Crippen molar-refractivity contribution in [2.45, 2.75) is 75.3 Å². The molecule has 2 N–H and O–H groups in total. The van der Waals surface area contributed by atoms with Gasteiger partial charge in [-0.05, 0) is 43.9 Å². The van der Waals surface area contributed by atoms with Gasteiger partial charge in [0.2, 0.25) is 23.7 Å². The molecule has 3 saturated carbocycles. The quantitative estimate of drug-likeness (QED) is 0.472. The van der Waals surface area contributed by atoms with Gasteiger partial charge in [-0.3, -0.25) is 9.59 Å². The Morgan fingerprint density at radius 1 is 1.07 bits per heavy atom. The Bertz CT molecular complexity index is 1380. The number of halogens is 4. The van der Waals surface area contributed by atoms with Crippen LogP contribution in [0.5, 0.6) is 5.75 Å². The van der Waals surface area contributed by atoms with Crippen LogP contribution in [0, 0.1) is 5.41 Å². The van der Waals surface area contributed by atoms with Crippen LogP contribution in [0.15, 0.2) is 24.4 Å². The zero-order valence-electron chi connectivity index (χ0n) is 22.9. The first kappa shape index (κ1) is 27.5. The summed E-state index contributed by atoms with van der Waals surface area (Å²) in [6.07, 6.45) is 2.26. The molecule has 1 aliphatic heterocycles. The minimum Gasteiger partial charge on any atom is -0.495 e. The number of anilines is 4. The SMILES string of the molecule is COc1cc(C(=O)NC2CCC(F)(F)C2)ccc1Nc1ncc2c(n1)N(C1CCC(F)(F)C1)CC1(CC1)C(=O)N2C.